The van der Waals surface area contributed by atoms with Crippen LogP contribution in [0, 0.1) is 16.0 Å². The summed E-state index contributed by atoms with van der Waals surface area (Å²) in [4.78, 5) is 22.1. The maximum absolute atomic E-state index is 11.7. The van der Waals surface area contributed by atoms with Gasteiger partial charge < -0.3 is 0 Å². The third kappa shape index (κ3) is 3.98. The molecule has 1 rings (SSSR count). The number of carbonyl (C=O) groups excluding carboxylic acids is 1. The van der Waals surface area contributed by atoms with Crippen LogP contribution >= 0.6 is 0 Å². The molecule has 0 amide bonds. The highest BCUT2D eigenvalue weighted by Gasteiger charge is 2.16. The van der Waals surface area contributed by atoms with Gasteiger partial charge in [0.1, 0.15) is 5.78 Å². The Kier molecular flexibility index (Phi) is 4.82. The van der Waals surface area contributed by atoms with Crippen LogP contribution in [0.5, 0.6) is 0 Å². The van der Waals surface area contributed by atoms with Crippen molar-refractivity contribution < 1.29 is 9.72 Å². The number of hydrogen-bond acceptors (Lipinski definition) is 3. The molecule has 0 saturated carbocycles. The van der Waals surface area contributed by atoms with Crippen molar-refractivity contribution >= 4 is 11.5 Å². The molecule has 4 nitrogen and oxygen atoms in total. The number of nitro benzene ring substituents is 1. The first-order valence-electron chi connectivity index (χ1n) is 5.78. The predicted octanol–water partition coefficient (Wildman–Crippen LogP) is 3.14. The van der Waals surface area contributed by atoms with Crippen molar-refractivity contribution in [1.29, 1.82) is 0 Å². The van der Waals surface area contributed by atoms with E-state index in [0.29, 0.717) is 17.9 Å². The van der Waals surface area contributed by atoms with Crippen LogP contribution < -0.4 is 0 Å². The molecule has 1 atom stereocenters. The fourth-order valence-electron chi connectivity index (χ4n) is 1.66. The van der Waals surface area contributed by atoms with Gasteiger partial charge in [-0.1, -0.05) is 38.5 Å². The zero-order valence-corrected chi connectivity index (χ0v) is 10.2. The average molecular weight is 235 g/mol. The van der Waals surface area contributed by atoms with E-state index in [1.54, 1.807) is 18.2 Å². The first kappa shape index (κ1) is 13.4. The fraction of sp³-hybridized carbons (Fsp3) is 0.462. The Labute approximate surface area is 101 Å². The summed E-state index contributed by atoms with van der Waals surface area (Å²) in [5, 5.41) is 10.8. The molecule has 0 N–H and O–H groups in total. The number of carbonyl (C=O) groups is 1. The Hall–Kier alpha value is -1.71. The molecule has 0 bridgehead atoms. The van der Waals surface area contributed by atoms with E-state index in [-0.39, 0.29) is 17.9 Å². The third-order valence-electron chi connectivity index (χ3n) is 2.85. The number of nitro groups is 1. The average Bonchev–Trinajstić information content (AvgIpc) is 2.29. The lowest BCUT2D eigenvalue weighted by Gasteiger charge is -2.07. The number of rotatable bonds is 6. The molecular formula is C13H17NO3. The lowest BCUT2D eigenvalue weighted by atomic mass is 9.97. The van der Waals surface area contributed by atoms with Crippen molar-refractivity contribution in [3.05, 3.63) is 39.9 Å². The maximum atomic E-state index is 11.7. The van der Waals surface area contributed by atoms with Gasteiger partial charge in [0, 0.05) is 24.5 Å². The summed E-state index contributed by atoms with van der Waals surface area (Å²) in [7, 11) is 0. The topological polar surface area (TPSA) is 60.2 Å². The van der Waals surface area contributed by atoms with Crippen molar-refractivity contribution in [2.24, 2.45) is 5.92 Å². The lowest BCUT2D eigenvalue weighted by Crippen LogP contribution is -2.09. The SMILES string of the molecule is CCC(C)CC(=O)Cc1ccccc1[N+](=O)[O-]. The van der Waals surface area contributed by atoms with Gasteiger partial charge in [-0.15, -0.1) is 0 Å². The first-order chi connectivity index (χ1) is 8.04. The Balaban J connectivity index is 2.74. The molecule has 0 aliphatic rings. The number of hydrogen-bond donors (Lipinski definition) is 0. The molecule has 0 heterocycles. The van der Waals surface area contributed by atoms with Crippen LogP contribution in [-0.4, -0.2) is 10.7 Å². The molecule has 0 fully saturated rings. The molecule has 0 saturated heterocycles. The van der Waals surface area contributed by atoms with Crippen molar-refractivity contribution in [3.63, 3.8) is 0 Å². The normalized spacial score (nSPS) is 12.1. The molecule has 1 aromatic rings. The number of ketones is 1. The van der Waals surface area contributed by atoms with Crippen LogP contribution in [0.2, 0.25) is 0 Å². The quantitative estimate of drug-likeness (QED) is 0.562. The smallest absolute Gasteiger partial charge is 0.273 e. The minimum Gasteiger partial charge on any atom is -0.299 e. The van der Waals surface area contributed by atoms with E-state index in [1.165, 1.54) is 6.07 Å². The first-order valence-corrected chi connectivity index (χ1v) is 5.78. The maximum Gasteiger partial charge on any atom is 0.273 e. The molecular weight excluding hydrogens is 218 g/mol. The van der Waals surface area contributed by atoms with E-state index < -0.39 is 4.92 Å². The monoisotopic (exact) mass is 235 g/mol. The Morgan fingerprint density at radius 2 is 2.06 bits per heavy atom. The van der Waals surface area contributed by atoms with Gasteiger partial charge in [0.25, 0.3) is 5.69 Å². The van der Waals surface area contributed by atoms with E-state index in [1.807, 2.05) is 13.8 Å². The molecule has 1 unspecified atom stereocenters. The molecule has 1 aromatic carbocycles. The Bertz CT molecular complexity index is 415. The van der Waals surface area contributed by atoms with Gasteiger partial charge in [0.05, 0.1) is 4.92 Å². The second-order valence-corrected chi connectivity index (χ2v) is 4.32. The van der Waals surface area contributed by atoms with Crippen LogP contribution in [0.1, 0.15) is 32.3 Å². The number of Topliss-reactive ketones (excluding diaryl/α,β-unsaturated/α-hetero) is 1. The van der Waals surface area contributed by atoms with Crippen LogP contribution in [0.3, 0.4) is 0 Å². The van der Waals surface area contributed by atoms with Gasteiger partial charge in [-0.2, -0.15) is 0 Å². The molecule has 0 spiro atoms. The minimum atomic E-state index is -0.439. The van der Waals surface area contributed by atoms with Crippen LogP contribution in [0.25, 0.3) is 0 Å². The van der Waals surface area contributed by atoms with E-state index in [4.69, 9.17) is 0 Å². The largest absolute Gasteiger partial charge is 0.299 e. The van der Waals surface area contributed by atoms with Gasteiger partial charge >= 0.3 is 0 Å². The number of para-hydroxylation sites is 1. The van der Waals surface area contributed by atoms with E-state index in [2.05, 4.69) is 0 Å². The van der Waals surface area contributed by atoms with Crippen molar-refractivity contribution in [2.75, 3.05) is 0 Å². The van der Waals surface area contributed by atoms with Crippen LogP contribution in [-0.2, 0) is 11.2 Å². The molecule has 0 aromatic heterocycles. The lowest BCUT2D eigenvalue weighted by molar-refractivity contribution is -0.385. The minimum absolute atomic E-state index is 0.0324. The van der Waals surface area contributed by atoms with Gasteiger partial charge in [0.2, 0.25) is 0 Å². The van der Waals surface area contributed by atoms with Crippen LogP contribution in [0.15, 0.2) is 24.3 Å². The number of nitrogens with zero attached hydrogens (tertiary/aromatic N) is 1. The summed E-state index contributed by atoms with van der Waals surface area (Å²) >= 11 is 0. The Morgan fingerprint density at radius 1 is 1.41 bits per heavy atom. The van der Waals surface area contributed by atoms with Crippen molar-refractivity contribution in [1.82, 2.24) is 0 Å². The highest BCUT2D eigenvalue weighted by Crippen LogP contribution is 2.19. The molecule has 0 aliphatic carbocycles. The summed E-state index contributed by atoms with van der Waals surface area (Å²) in [6.07, 6.45) is 1.59. The van der Waals surface area contributed by atoms with Gasteiger partial charge in [0.15, 0.2) is 0 Å². The van der Waals surface area contributed by atoms with E-state index in [9.17, 15) is 14.9 Å². The van der Waals surface area contributed by atoms with Gasteiger partial charge in [-0.3, -0.25) is 14.9 Å². The highest BCUT2D eigenvalue weighted by atomic mass is 16.6. The predicted molar refractivity (Wildman–Crippen MR) is 65.9 cm³/mol. The number of benzene rings is 1. The van der Waals surface area contributed by atoms with E-state index in [0.717, 1.165) is 6.42 Å². The highest BCUT2D eigenvalue weighted by molar-refractivity contribution is 5.82. The van der Waals surface area contributed by atoms with Gasteiger partial charge in [-0.25, -0.2) is 0 Å². The zero-order valence-electron chi connectivity index (χ0n) is 10.2. The molecule has 4 heteroatoms. The van der Waals surface area contributed by atoms with E-state index >= 15 is 0 Å². The summed E-state index contributed by atoms with van der Waals surface area (Å²) in [6, 6.07) is 6.41. The zero-order chi connectivity index (χ0) is 12.8. The summed E-state index contributed by atoms with van der Waals surface area (Å²) in [5.41, 5.74) is 0.538. The summed E-state index contributed by atoms with van der Waals surface area (Å²) in [6.45, 7) is 4.04. The molecule has 0 aliphatic heterocycles. The summed E-state index contributed by atoms with van der Waals surface area (Å²) < 4.78 is 0. The molecule has 17 heavy (non-hydrogen) atoms. The standard InChI is InChI=1S/C13H17NO3/c1-3-10(2)8-12(15)9-11-6-4-5-7-13(11)14(16)17/h4-7,10H,3,8-9H2,1-2H3. The third-order valence-corrected chi connectivity index (χ3v) is 2.85. The van der Waals surface area contributed by atoms with Gasteiger partial charge in [-0.05, 0) is 5.92 Å². The second kappa shape index (κ2) is 6.13. The molecule has 92 valence electrons. The Morgan fingerprint density at radius 3 is 2.65 bits per heavy atom. The molecule has 0 radical (unpaired) electrons. The van der Waals surface area contributed by atoms with Crippen molar-refractivity contribution in [3.8, 4) is 0 Å². The fourth-order valence-corrected chi connectivity index (χ4v) is 1.66. The summed E-state index contributed by atoms with van der Waals surface area (Å²) in [5.74, 6) is 0.402. The second-order valence-electron chi connectivity index (χ2n) is 4.32. The van der Waals surface area contributed by atoms with Crippen LogP contribution in [0.4, 0.5) is 5.69 Å². The van der Waals surface area contributed by atoms with Crippen molar-refractivity contribution in [2.45, 2.75) is 33.1 Å².